The standard InChI is InChI=1S/C12H15F3O4/c1-4-5-7(16)6-12(2,3)11(18)19-10(17)8(13)9(14)15/h4-6H2,1-3H3. The van der Waals surface area contributed by atoms with Gasteiger partial charge in [0.2, 0.25) is 0 Å². The van der Waals surface area contributed by atoms with Crippen molar-refractivity contribution in [3.8, 4) is 0 Å². The van der Waals surface area contributed by atoms with Crippen molar-refractivity contribution in [1.82, 2.24) is 0 Å². The van der Waals surface area contributed by atoms with Crippen LogP contribution in [0.25, 0.3) is 0 Å². The average molecular weight is 280 g/mol. The van der Waals surface area contributed by atoms with Gasteiger partial charge < -0.3 is 4.74 Å². The Balaban J connectivity index is 4.69. The van der Waals surface area contributed by atoms with Crippen molar-refractivity contribution in [1.29, 1.82) is 0 Å². The number of carbonyl (C=O) groups is 3. The number of ketones is 1. The van der Waals surface area contributed by atoms with Crippen molar-refractivity contribution >= 4 is 17.7 Å². The van der Waals surface area contributed by atoms with Crippen LogP contribution in [-0.4, -0.2) is 17.7 Å². The van der Waals surface area contributed by atoms with Crippen LogP contribution in [-0.2, 0) is 19.1 Å². The molecule has 4 nitrogen and oxygen atoms in total. The number of esters is 2. The minimum Gasteiger partial charge on any atom is -0.387 e. The van der Waals surface area contributed by atoms with Crippen LogP contribution < -0.4 is 0 Å². The van der Waals surface area contributed by atoms with Gasteiger partial charge in [0.15, 0.2) is 0 Å². The molecule has 0 unspecified atom stereocenters. The van der Waals surface area contributed by atoms with E-state index in [9.17, 15) is 27.6 Å². The summed E-state index contributed by atoms with van der Waals surface area (Å²) in [6.45, 7) is 4.39. The Kier molecular flexibility index (Phi) is 6.44. The number of ether oxygens (including phenoxy) is 1. The van der Waals surface area contributed by atoms with E-state index in [1.54, 1.807) is 6.92 Å². The van der Waals surface area contributed by atoms with Crippen LogP contribution >= 0.6 is 0 Å². The van der Waals surface area contributed by atoms with Crippen LogP contribution in [0.4, 0.5) is 13.2 Å². The summed E-state index contributed by atoms with van der Waals surface area (Å²) < 4.78 is 40.0. The summed E-state index contributed by atoms with van der Waals surface area (Å²) in [4.78, 5) is 33.7. The molecule has 7 heteroatoms. The van der Waals surface area contributed by atoms with Gasteiger partial charge in [0.05, 0.1) is 5.41 Å². The molecular weight excluding hydrogens is 265 g/mol. The monoisotopic (exact) mass is 280 g/mol. The Labute approximate surface area is 108 Å². The first-order chi connectivity index (χ1) is 8.61. The Bertz CT molecular complexity index is 409. The molecule has 0 rings (SSSR count). The van der Waals surface area contributed by atoms with Gasteiger partial charge in [0.1, 0.15) is 5.78 Å². The van der Waals surface area contributed by atoms with E-state index in [-0.39, 0.29) is 18.6 Å². The molecule has 0 spiro atoms. The number of rotatable bonds is 6. The highest BCUT2D eigenvalue weighted by Crippen LogP contribution is 2.25. The van der Waals surface area contributed by atoms with Gasteiger partial charge in [0, 0.05) is 12.8 Å². The maximum atomic E-state index is 12.5. The quantitative estimate of drug-likeness (QED) is 0.426. The van der Waals surface area contributed by atoms with Crippen LogP contribution in [0.2, 0.25) is 0 Å². The Morgan fingerprint density at radius 1 is 1.11 bits per heavy atom. The summed E-state index contributed by atoms with van der Waals surface area (Å²) in [6.07, 6.45) is -2.24. The average Bonchev–Trinajstić information content (AvgIpc) is 2.26. The second kappa shape index (κ2) is 7.06. The lowest BCUT2D eigenvalue weighted by molar-refractivity contribution is -0.166. The highest BCUT2D eigenvalue weighted by Gasteiger charge is 2.34. The maximum absolute atomic E-state index is 12.5. The zero-order valence-corrected chi connectivity index (χ0v) is 10.9. The molecule has 0 fully saturated rings. The Hall–Kier alpha value is -1.66. The summed E-state index contributed by atoms with van der Waals surface area (Å²) >= 11 is 0. The number of halogens is 3. The molecule has 19 heavy (non-hydrogen) atoms. The molecule has 0 aliphatic heterocycles. The molecule has 0 saturated heterocycles. The first-order valence-corrected chi connectivity index (χ1v) is 5.61. The summed E-state index contributed by atoms with van der Waals surface area (Å²) in [7, 11) is 0. The molecule has 0 aliphatic carbocycles. The van der Waals surface area contributed by atoms with Gasteiger partial charge in [0.25, 0.3) is 5.83 Å². The van der Waals surface area contributed by atoms with E-state index in [1.165, 1.54) is 13.8 Å². The molecular formula is C12H15F3O4. The minimum atomic E-state index is -2.86. The smallest absolute Gasteiger partial charge is 0.380 e. The predicted octanol–water partition coefficient (Wildman–Crippen LogP) is 2.92. The van der Waals surface area contributed by atoms with Crippen molar-refractivity contribution in [2.45, 2.75) is 40.0 Å². The first kappa shape index (κ1) is 17.3. The molecule has 0 bridgehead atoms. The van der Waals surface area contributed by atoms with Gasteiger partial charge in [-0.15, -0.1) is 0 Å². The van der Waals surface area contributed by atoms with Crippen LogP contribution in [0.3, 0.4) is 0 Å². The molecule has 0 N–H and O–H groups in total. The van der Waals surface area contributed by atoms with Crippen LogP contribution in [0.1, 0.15) is 40.0 Å². The molecule has 0 heterocycles. The van der Waals surface area contributed by atoms with Crippen LogP contribution in [0.15, 0.2) is 11.9 Å². The summed E-state index contributed by atoms with van der Waals surface area (Å²) in [5, 5.41) is 0. The van der Waals surface area contributed by atoms with Gasteiger partial charge in [-0.3, -0.25) is 9.59 Å². The molecule has 0 atom stereocenters. The summed E-state index contributed by atoms with van der Waals surface area (Å²) in [6, 6.07) is 0. The second-order valence-electron chi connectivity index (χ2n) is 4.60. The third-order valence-corrected chi connectivity index (χ3v) is 2.25. The van der Waals surface area contributed by atoms with Crippen molar-refractivity contribution < 1.29 is 32.3 Å². The van der Waals surface area contributed by atoms with E-state index in [0.717, 1.165) is 0 Å². The first-order valence-electron chi connectivity index (χ1n) is 5.61. The van der Waals surface area contributed by atoms with Gasteiger partial charge in [-0.25, -0.2) is 4.79 Å². The summed E-state index contributed by atoms with van der Waals surface area (Å²) in [5.41, 5.74) is -1.38. The van der Waals surface area contributed by atoms with E-state index in [0.29, 0.717) is 6.42 Å². The molecule has 0 aromatic rings. The number of carbonyl (C=O) groups excluding carboxylic acids is 3. The number of hydrogen-bond donors (Lipinski definition) is 0. The van der Waals surface area contributed by atoms with E-state index in [2.05, 4.69) is 4.74 Å². The van der Waals surface area contributed by atoms with Gasteiger partial charge >= 0.3 is 18.0 Å². The van der Waals surface area contributed by atoms with Crippen LogP contribution in [0.5, 0.6) is 0 Å². The van der Waals surface area contributed by atoms with Gasteiger partial charge in [-0.1, -0.05) is 6.92 Å². The fourth-order valence-electron chi connectivity index (χ4n) is 1.28. The number of hydrogen-bond acceptors (Lipinski definition) is 4. The zero-order chi connectivity index (χ0) is 15.2. The Morgan fingerprint density at radius 2 is 1.63 bits per heavy atom. The molecule has 0 aromatic heterocycles. The molecule has 0 radical (unpaired) electrons. The lowest BCUT2D eigenvalue weighted by Crippen LogP contribution is -2.31. The second-order valence-corrected chi connectivity index (χ2v) is 4.60. The third-order valence-electron chi connectivity index (χ3n) is 2.25. The maximum Gasteiger partial charge on any atom is 0.380 e. The normalized spacial score (nSPS) is 10.8. The van der Waals surface area contributed by atoms with E-state index in [4.69, 9.17) is 0 Å². The SMILES string of the molecule is CCCC(=O)CC(C)(C)C(=O)OC(=O)C(F)=C(F)F. The molecule has 0 aliphatic rings. The third kappa shape index (κ3) is 5.67. The van der Waals surface area contributed by atoms with Crippen molar-refractivity contribution in [2.75, 3.05) is 0 Å². The molecule has 0 saturated carbocycles. The minimum absolute atomic E-state index is 0.212. The highest BCUT2D eigenvalue weighted by atomic mass is 19.3. The molecule has 0 aromatic carbocycles. The lowest BCUT2D eigenvalue weighted by Gasteiger charge is -2.20. The molecule has 108 valence electrons. The van der Waals surface area contributed by atoms with E-state index >= 15 is 0 Å². The topological polar surface area (TPSA) is 60.4 Å². The lowest BCUT2D eigenvalue weighted by atomic mass is 9.86. The number of Topliss-reactive ketones (excluding diaryl/α,β-unsaturated/α-hetero) is 1. The fraction of sp³-hybridized carbons (Fsp3) is 0.583. The van der Waals surface area contributed by atoms with E-state index in [1.807, 2.05) is 0 Å². The van der Waals surface area contributed by atoms with Crippen LogP contribution in [0, 0.1) is 5.41 Å². The van der Waals surface area contributed by atoms with Gasteiger partial charge in [-0.05, 0) is 20.3 Å². The van der Waals surface area contributed by atoms with Crippen molar-refractivity contribution in [3.05, 3.63) is 11.9 Å². The largest absolute Gasteiger partial charge is 0.387 e. The van der Waals surface area contributed by atoms with Crippen molar-refractivity contribution in [2.24, 2.45) is 5.41 Å². The fourth-order valence-corrected chi connectivity index (χ4v) is 1.28. The highest BCUT2D eigenvalue weighted by molar-refractivity contribution is 5.97. The molecule has 0 amide bonds. The predicted molar refractivity (Wildman–Crippen MR) is 59.8 cm³/mol. The zero-order valence-electron chi connectivity index (χ0n) is 10.9. The van der Waals surface area contributed by atoms with Gasteiger partial charge in [-0.2, -0.15) is 13.2 Å². The Morgan fingerprint density at radius 3 is 2.05 bits per heavy atom. The van der Waals surface area contributed by atoms with E-state index < -0.39 is 29.3 Å². The van der Waals surface area contributed by atoms with Crippen molar-refractivity contribution in [3.63, 3.8) is 0 Å². The summed E-state index contributed by atoms with van der Waals surface area (Å²) in [5.74, 6) is -5.92.